The second-order valence-electron chi connectivity index (χ2n) is 7.26. The number of guanidine groups is 1. The fourth-order valence-electron chi connectivity index (χ4n) is 3.12. The van der Waals surface area contributed by atoms with Crippen LogP contribution in [0.2, 0.25) is 0 Å². The maximum Gasteiger partial charge on any atom is 0.327 e. The molecule has 0 bridgehead atoms. The molecule has 0 unspecified atom stereocenters. The molecule has 11 nitrogen and oxygen atoms in total. The van der Waals surface area contributed by atoms with Crippen LogP contribution in [-0.4, -0.2) is 64.3 Å². The molecule has 0 radical (unpaired) electrons. The van der Waals surface area contributed by atoms with Gasteiger partial charge in [0.2, 0.25) is 11.8 Å². The minimum Gasteiger partial charge on any atom is -0.480 e. The molecule has 32 heavy (non-hydrogen) atoms. The zero-order chi connectivity index (χ0) is 23.7. The number of amides is 2. The Morgan fingerprint density at radius 1 is 1.12 bits per heavy atom. The molecular formula is C20H29N7O4S. The van der Waals surface area contributed by atoms with Crippen LogP contribution in [0.3, 0.4) is 0 Å². The standard InChI is InChI=1S/C20H29N7O4S/c21-13(5-3-7-24-20(22)23)17(28)26-15(18(29)27-16(10-32)19(30)31)8-11-9-25-14-6-2-1-4-12(11)14/h1-2,4,6,9,13,15-16,25,32H,3,5,7-8,10,21H2,(H,26,28)(H,27,29)(H,30,31)(H4,22,23,24)/t13-,15-,16-/m0/s1. The van der Waals surface area contributed by atoms with Gasteiger partial charge in [-0.15, -0.1) is 0 Å². The van der Waals surface area contributed by atoms with Gasteiger partial charge in [0.15, 0.2) is 5.96 Å². The minimum absolute atomic E-state index is 0.0457. The summed E-state index contributed by atoms with van der Waals surface area (Å²) in [6, 6.07) is 4.40. The lowest BCUT2D eigenvalue weighted by Gasteiger charge is -2.22. The lowest BCUT2D eigenvalue weighted by molar-refractivity contribution is -0.141. The van der Waals surface area contributed by atoms with Gasteiger partial charge in [0.1, 0.15) is 12.1 Å². The Morgan fingerprint density at radius 3 is 2.47 bits per heavy atom. The van der Waals surface area contributed by atoms with Crippen molar-refractivity contribution in [3.8, 4) is 0 Å². The number of aliphatic carboxylic acids is 1. The van der Waals surface area contributed by atoms with Crippen LogP contribution in [0.15, 0.2) is 35.5 Å². The van der Waals surface area contributed by atoms with E-state index in [1.165, 1.54) is 0 Å². The quantitative estimate of drug-likeness (QED) is 0.0859. The maximum absolute atomic E-state index is 12.9. The van der Waals surface area contributed by atoms with Crippen molar-refractivity contribution >= 4 is 47.3 Å². The predicted molar refractivity (Wildman–Crippen MR) is 125 cm³/mol. The van der Waals surface area contributed by atoms with Gasteiger partial charge in [-0.3, -0.25) is 14.6 Å². The third-order valence-corrected chi connectivity index (χ3v) is 5.20. The number of aliphatic imine (C=N–C) groups is 1. The number of carbonyl (C=O) groups is 3. The summed E-state index contributed by atoms with van der Waals surface area (Å²) < 4.78 is 0. The highest BCUT2D eigenvalue weighted by Crippen LogP contribution is 2.19. The fourth-order valence-corrected chi connectivity index (χ4v) is 3.36. The molecule has 2 rings (SSSR count). The number of nitrogens with two attached hydrogens (primary N) is 3. The number of rotatable bonds is 12. The number of carboxylic acid groups (broad SMARTS) is 1. The number of carboxylic acids is 1. The van der Waals surface area contributed by atoms with Gasteiger partial charge < -0.3 is 37.9 Å². The molecule has 3 atom stereocenters. The minimum atomic E-state index is -1.22. The summed E-state index contributed by atoms with van der Waals surface area (Å²) in [6.07, 6.45) is 2.67. The molecule has 0 spiro atoms. The zero-order valence-corrected chi connectivity index (χ0v) is 18.3. The molecule has 0 aliphatic rings. The molecule has 2 amide bonds. The first-order valence-corrected chi connectivity index (χ1v) is 10.7. The molecule has 174 valence electrons. The van der Waals surface area contributed by atoms with Crippen LogP contribution in [0.5, 0.6) is 0 Å². The average molecular weight is 464 g/mol. The van der Waals surface area contributed by atoms with E-state index in [9.17, 15) is 19.5 Å². The molecule has 2 aromatic rings. The van der Waals surface area contributed by atoms with Crippen LogP contribution < -0.4 is 27.8 Å². The number of benzene rings is 1. The van der Waals surface area contributed by atoms with E-state index in [0.717, 1.165) is 16.5 Å². The molecule has 0 saturated heterocycles. The number of para-hydroxylation sites is 1. The lowest BCUT2D eigenvalue weighted by Crippen LogP contribution is -2.55. The number of aromatic amines is 1. The SMILES string of the molecule is NC(N)=NCCC[C@H](N)C(=O)N[C@@H](Cc1c[nH]c2ccccc12)C(=O)N[C@@H](CS)C(=O)O. The molecule has 1 heterocycles. The monoisotopic (exact) mass is 463 g/mol. The number of thiol groups is 1. The number of fused-ring (bicyclic) bond motifs is 1. The summed E-state index contributed by atoms with van der Waals surface area (Å²) in [6.45, 7) is 0.324. The Balaban J connectivity index is 2.14. The van der Waals surface area contributed by atoms with Crippen molar-refractivity contribution in [2.45, 2.75) is 37.4 Å². The van der Waals surface area contributed by atoms with Crippen LogP contribution in [0.4, 0.5) is 0 Å². The Hall–Kier alpha value is -3.25. The first-order valence-electron chi connectivity index (χ1n) is 10.0. The van der Waals surface area contributed by atoms with Crippen molar-refractivity contribution in [1.82, 2.24) is 15.6 Å². The Kier molecular flexibility index (Phi) is 9.35. The van der Waals surface area contributed by atoms with Crippen LogP contribution in [0.25, 0.3) is 10.9 Å². The van der Waals surface area contributed by atoms with Gasteiger partial charge in [0.05, 0.1) is 6.04 Å². The van der Waals surface area contributed by atoms with E-state index in [-0.39, 0.29) is 18.1 Å². The van der Waals surface area contributed by atoms with Crippen molar-refractivity contribution in [2.75, 3.05) is 12.3 Å². The van der Waals surface area contributed by atoms with Crippen molar-refractivity contribution in [1.29, 1.82) is 0 Å². The van der Waals surface area contributed by atoms with Gasteiger partial charge in [-0.05, 0) is 24.5 Å². The summed E-state index contributed by atoms with van der Waals surface area (Å²) >= 11 is 3.96. The molecule has 0 aliphatic heterocycles. The molecule has 0 saturated carbocycles. The molecule has 0 aliphatic carbocycles. The summed E-state index contributed by atoms with van der Waals surface area (Å²) in [4.78, 5) is 43.7. The maximum atomic E-state index is 12.9. The van der Waals surface area contributed by atoms with E-state index in [2.05, 4.69) is 33.2 Å². The molecular weight excluding hydrogens is 434 g/mol. The zero-order valence-electron chi connectivity index (χ0n) is 17.5. The summed E-state index contributed by atoms with van der Waals surface area (Å²) in [5.74, 6) is -2.54. The smallest absolute Gasteiger partial charge is 0.327 e. The van der Waals surface area contributed by atoms with Gasteiger partial charge >= 0.3 is 5.97 Å². The van der Waals surface area contributed by atoms with Gasteiger partial charge in [-0.2, -0.15) is 12.6 Å². The first-order chi connectivity index (χ1) is 15.2. The Bertz CT molecular complexity index is 974. The van der Waals surface area contributed by atoms with Gasteiger partial charge in [-0.25, -0.2) is 4.79 Å². The Morgan fingerprint density at radius 2 is 1.81 bits per heavy atom. The summed E-state index contributed by atoms with van der Waals surface area (Å²) in [7, 11) is 0. The van der Waals surface area contributed by atoms with Gasteiger partial charge in [-0.1, -0.05) is 18.2 Å². The van der Waals surface area contributed by atoms with E-state index in [4.69, 9.17) is 17.2 Å². The number of hydrogen-bond donors (Lipinski definition) is 8. The molecule has 1 aromatic carbocycles. The molecule has 12 heteroatoms. The number of carbonyl (C=O) groups excluding carboxylic acids is 2. The van der Waals surface area contributed by atoms with Crippen molar-refractivity contribution in [2.24, 2.45) is 22.2 Å². The summed E-state index contributed by atoms with van der Waals surface area (Å²) in [5.41, 5.74) is 18.2. The number of hydrogen-bond acceptors (Lipinski definition) is 6. The van der Waals surface area contributed by atoms with E-state index in [0.29, 0.717) is 19.4 Å². The van der Waals surface area contributed by atoms with E-state index in [1.54, 1.807) is 6.20 Å². The van der Waals surface area contributed by atoms with Gasteiger partial charge in [0, 0.05) is 35.8 Å². The molecule has 10 N–H and O–H groups in total. The fraction of sp³-hybridized carbons (Fsp3) is 0.400. The van der Waals surface area contributed by atoms with E-state index >= 15 is 0 Å². The summed E-state index contributed by atoms with van der Waals surface area (Å²) in [5, 5.41) is 15.2. The van der Waals surface area contributed by atoms with Crippen molar-refractivity contribution in [3.05, 3.63) is 36.0 Å². The normalized spacial score (nSPS) is 13.7. The van der Waals surface area contributed by atoms with E-state index in [1.807, 2.05) is 24.3 Å². The third kappa shape index (κ3) is 7.17. The second-order valence-corrected chi connectivity index (χ2v) is 7.63. The largest absolute Gasteiger partial charge is 0.480 e. The van der Waals surface area contributed by atoms with Crippen LogP contribution in [0.1, 0.15) is 18.4 Å². The third-order valence-electron chi connectivity index (χ3n) is 4.83. The van der Waals surface area contributed by atoms with Crippen molar-refractivity contribution in [3.63, 3.8) is 0 Å². The number of nitrogens with one attached hydrogen (secondary N) is 3. The first kappa shape index (κ1) is 25.0. The van der Waals surface area contributed by atoms with Crippen LogP contribution in [0, 0.1) is 0 Å². The second kappa shape index (κ2) is 12.0. The lowest BCUT2D eigenvalue weighted by atomic mass is 10.0. The van der Waals surface area contributed by atoms with Crippen LogP contribution in [-0.2, 0) is 20.8 Å². The number of H-pyrrole nitrogens is 1. The predicted octanol–water partition coefficient (Wildman–Crippen LogP) is -0.925. The van der Waals surface area contributed by atoms with Crippen LogP contribution >= 0.6 is 12.6 Å². The number of aromatic nitrogens is 1. The number of nitrogens with zero attached hydrogens (tertiary/aromatic N) is 1. The van der Waals surface area contributed by atoms with Crippen molar-refractivity contribution < 1.29 is 19.5 Å². The highest BCUT2D eigenvalue weighted by atomic mass is 32.1. The highest BCUT2D eigenvalue weighted by molar-refractivity contribution is 7.80. The topological polar surface area (TPSA) is 202 Å². The molecule has 1 aromatic heterocycles. The average Bonchev–Trinajstić information content (AvgIpc) is 3.16. The molecule has 0 fully saturated rings. The van der Waals surface area contributed by atoms with Gasteiger partial charge in [0.25, 0.3) is 0 Å². The highest BCUT2D eigenvalue weighted by Gasteiger charge is 2.28. The van der Waals surface area contributed by atoms with E-state index < -0.39 is 35.9 Å². The Labute approximate surface area is 190 Å².